The van der Waals surface area contributed by atoms with Crippen molar-refractivity contribution in [1.82, 2.24) is 5.32 Å². The Hall–Kier alpha value is -0.300. The van der Waals surface area contributed by atoms with Crippen molar-refractivity contribution < 1.29 is 0 Å². The smallest absolute Gasteiger partial charge is 0.0164 e. The third-order valence-corrected chi connectivity index (χ3v) is 2.08. The number of fused-ring (bicyclic) bond motifs is 2. The minimum Gasteiger partial charge on any atom is -0.313 e. The Morgan fingerprint density at radius 2 is 2.62 bits per heavy atom. The fraction of sp³-hybridized carbons (Fsp3) is 0.714. The van der Waals surface area contributed by atoms with E-state index < -0.39 is 0 Å². The summed E-state index contributed by atoms with van der Waals surface area (Å²) in [5, 5.41) is 3.38. The quantitative estimate of drug-likeness (QED) is 0.456. The van der Waals surface area contributed by atoms with Gasteiger partial charge in [0.05, 0.1) is 0 Å². The van der Waals surface area contributed by atoms with Crippen LogP contribution in [0.2, 0.25) is 0 Å². The Balaban J connectivity index is 2.15. The molecule has 1 aliphatic heterocycles. The Bertz CT molecular complexity index is 126. The summed E-state index contributed by atoms with van der Waals surface area (Å²) in [6.45, 7) is 2.41. The minimum atomic E-state index is 0.957. The van der Waals surface area contributed by atoms with Gasteiger partial charge in [-0.2, -0.15) is 0 Å². The van der Waals surface area contributed by atoms with Crippen LogP contribution in [-0.2, 0) is 0 Å². The molecule has 0 saturated carbocycles. The molecule has 1 fully saturated rings. The standard InChI is InChI=1S/C7H11N/c1-2-7-3-6(1)4-8-5-7/h1,7-8H,2-5H2. The molecule has 1 heteroatoms. The highest BCUT2D eigenvalue weighted by Crippen LogP contribution is 2.26. The molecule has 1 saturated heterocycles. The number of rotatable bonds is 0. The Labute approximate surface area is 49.8 Å². The van der Waals surface area contributed by atoms with Crippen LogP contribution in [0.1, 0.15) is 12.8 Å². The highest BCUT2D eigenvalue weighted by molar-refractivity contribution is 5.14. The molecule has 1 heterocycles. The zero-order chi connectivity index (χ0) is 5.40. The van der Waals surface area contributed by atoms with E-state index in [1.807, 2.05) is 0 Å². The molecule has 2 aliphatic rings. The molecule has 0 aromatic rings. The molecular formula is C7H11N. The molecule has 8 heavy (non-hydrogen) atoms. The van der Waals surface area contributed by atoms with Gasteiger partial charge < -0.3 is 5.32 Å². The van der Waals surface area contributed by atoms with Crippen LogP contribution in [-0.4, -0.2) is 13.1 Å². The van der Waals surface area contributed by atoms with E-state index in [1.165, 1.54) is 19.4 Å². The van der Waals surface area contributed by atoms with Crippen molar-refractivity contribution in [2.24, 2.45) is 5.92 Å². The molecule has 2 bridgehead atoms. The van der Waals surface area contributed by atoms with Crippen LogP contribution in [0.3, 0.4) is 0 Å². The number of nitrogens with one attached hydrogen (secondary N) is 1. The fourth-order valence-electron chi connectivity index (χ4n) is 1.61. The summed E-state index contributed by atoms with van der Waals surface area (Å²) in [5.41, 5.74) is 1.64. The molecule has 1 nitrogen and oxygen atoms in total. The zero-order valence-corrected chi connectivity index (χ0v) is 4.98. The van der Waals surface area contributed by atoms with Crippen LogP contribution in [0.5, 0.6) is 0 Å². The lowest BCUT2D eigenvalue weighted by atomic mass is 10.0. The van der Waals surface area contributed by atoms with Gasteiger partial charge in [0.25, 0.3) is 0 Å². The van der Waals surface area contributed by atoms with E-state index in [2.05, 4.69) is 11.4 Å². The summed E-state index contributed by atoms with van der Waals surface area (Å²) < 4.78 is 0. The molecule has 2 rings (SSSR count). The summed E-state index contributed by atoms with van der Waals surface area (Å²) in [6.07, 6.45) is 5.11. The van der Waals surface area contributed by atoms with E-state index >= 15 is 0 Å². The molecule has 0 aromatic heterocycles. The van der Waals surface area contributed by atoms with Crippen LogP contribution < -0.4 is 5.32 Å². The van der Waals surface area contributed by atoms with Crippen molar-refractivity contribution in [2.45, 2.75) is 12.8 Å². The van der Waals surface area contributed by atoms with Gasteiger partial charge in [0.1, 0.15) is 0 Å². The summed E-state index contributed by atoms with van der Waals surface area (Å²) in [5.74, 6) is 0.957. The van der Waals surface area contributed by atoms with Crippen molar-refractivity contribution in [3.8, 4) is 0 Å². The number of hydrogen-bond acceptors (Lipinski definition) is 1. The molecule has 1 atom stereocenters. The molecule has 0 radical (unpaired) electrons. The van der Waals surface area contributed by atoms with Crippen LogP contribution in [0.25, 0.3) is 0 Å². The van der Waals surface area contributed by atoms with E-state index in [4.69, 9.17) is 0 Å². The lowest BCUT2D eigenvalue weighted by Crippen LogP contribution is -2.27. The second-order valence-corrected chi connectivity index (χ2v) is 2.80. The summed E-state index contributed by atoms with van der Waals surface area (Å²) in [6, 6.07) is 0. The first-order valence-corrected chi connectivity index (χ1v) is 3.34. The first-order valence-electron chi connectivity index (χ1n) is 3.34. The lowest BCUT2D eigenvalue weighted by Gasteiger charge is -2.16. The van der Waals surface area contributed by atoms with Gasteiger partial charge in [-0.05, 0) is 25.3 Å². The van der Waals surface area contributed by atoms with Gasteiger partial charge in [-0.15, -0.1) is 0 Å². The lowest BCUT2D eigenvalue weighted by molar-refractivity contribution is 0.474. The van der Waals surface area contributed by atoms with Gasteiger partial charge >= 0.3 is 0 Å². The second-order valence-electron chi connectivity index (χ2n) is 2.80. The van der Waals surface area contributed by atoms with E-state index in [9.17, 15) is 0 Å². The molecule has 0 spiro atoms. The van der Waals surface area contributed by atoms with Crippen molar-refractivity contribution in [3.63, 3.8) is 0 Å². The molecule has 0 amide bonds. The Kier molecular flexibility index (Phi) is 0.908. The number of allylic oxidation sites excluding steroid dienone is 1. The third kappa shape index (κ3) is 0.583. The number of hydrogen-bond donors (Lipinski definition) is 1. The normalized spacial score (nSPS) is 35.0. The maximum atomic E-state index is 3.38. The summed E-state index contributed by atoms with van der Waals surface area (Å²) >= 11 is 0. The molecule has 1 N–H and O–H groups in total. The van der Waals surface area contributed by atoms with Gasteiger partial charge in [-0.25, -0.2) is 0 Å². The van der Waals surface area contributed by atoms with Gasteiger partial charge in [0, 0.05) is 6.54 Å². The Morgan fingerprint density at radius 3 is 3.38 bits per heavy atom. The average Bonchev–Trinajstić information content (AvgIpc) is 2.12. The molecule has 0 aromatic carbocycles. The topological polar surface area (TPSA) is 12.0 Å². The second kappa shape index (κ2) is 1.59. The van der Waals surface area contributed by atoms with Gasteiger partial charge in [0.15, 0.2) is 0 Å². The minimum absolute atomic E-state index is 0.957. The van der Waals surface area contributed by atoms with Gasteiger partial charge in [-0.1, -0.05) is 11.6 Å². The maximum absolute atomic E-state index is 3.38. The monoisotopic (exact) mass is 109 g/mol. The maximum Gasteiger partial charge on any atom is 0.0164 e. The Morgan fingerprint density at radius 1 is 1.62 bits per heavy atom. The van der Waals surface area contributed by atoms with Crippen LogP contribution in [0.4, 0.5) is 0 Å². The predicted octanol–water partition coefficient (Wildman–Crippen LogP) is 0.926. The molecule has 1 unspecified atom stereocenters. The first-order chi connectivity index (χ1) is 3.95. The highest BCUT2D eigenvalue weighted by Gasteiger charge is 2.20. The van der Waals surface area contributed by atoms with Crippen molar-refractivity contribution in [2.75, 3.05) is 13.1 Å². The predicted molar refractivity (Wildman–Crippen MR) is 33.7 cm³/mol. The van der Waals surface area contributed by atoms with Crippen LogP contribution >= 0.6 is 0 Å². The van der Waals surface area contributed by atoms with E-state index in [0.717, 1.165) is 12.5 Å². The van der Waals surface area contributed by atoms with Gasteiger partial charge in [0.2, 0.25) is 0 Å². The third-order valence-electron chi connectivity index (χ3n) is 2.08. The van der Waals surface area contributed by atoms with E-state index in [1.54, 1.807) is 5.57 Å². The fourth-order valence-corrected chi connectivity index (χ4v) is 1.61. The van der Waals surface area contributed by atoms with Crippen LogP contribution in [0.15, 0.2) is 11.6 Å². The highest BCUT2D eigenvalue weighted by atomic mass is 14.9. The molecular weight excluding hydrogens is 98.1 g/mol. The number of piperidine rings is 1. The molecule has 1 aliphatic carbocycles. The average molecular weight is 109 g/mol. The summed E-state index contributed by atoms with van der Waals surface area (Å²) in [4.78, 5) is 0. The van der Waals surface area contributed by atoms with Crippen molar-refractivity contribution >= 4 is 0 Å². The zero-order valence-electron chi connectivity index (χ0n) is 4.98. The van der Waals surface area contributed by atoms with E-state index in [0.29, 0.717) is 0 Å². The van der Waals surface area contributed by atoms with Crippen molar-refractivity contribution in [1.29, 1.82) is 0 Å². The first kappa shape index (κ1) is 4.57. The summed E-state index contributed by atoms with van der Waals surface area (Å²) in [7, 11) is 0. The largest absolute Gasteiger partial charge is 0.313 e. The van der Waals surface area contributed by atoms with E-state index in [-0.39, 0.29) is 0 Å². The SMILES string of the molecule is C1=C2CNCC(C1)C2. The van der Waals surface area contributed by atoms with Crippen molar-refractivity contribution in [3.05, 3.63) is 11.6 Å². The molecule has 44 valence electrons. The van der Waals surface area contributed by atoms with Gasteiger partial charge in [-0.3, -0.25) is 0 Å². The van der Waals surface area contributed by atoms with Crippen LogP contribution in [0, 0.1) is 5.92 Å².